The number of ketones is 1. The van der Waals surface area contributed by atoms with Crippen LogP contribution in [0.1, 0.15) is 23.8 Å². The maximum absolute atomic E-state index is 11.7. The number of aromatic nitrogens is 2. The maximum atomic E-state index is 11.7. The fourth-order valence-electron chi connectivity index (χ4n) is 1.24. The van der Waals surface area contributed by atoms with Gasteiger partial charge in [-0.1, -0.05) is 0 Å². The summed E-state index contributed by atoms with van der Waals surface area (Å²) >= 11 is 3.33. The number of nitrogens with zero attached hydrogens (tertiary/aromatic N) is 2. The third kappa shape index (κ3) is 2.42. The molecule has 0 saturated carbocycles. The van der Waals surface area contributed by atoms with Gasteiger partial charge in [0.1, 0.15) is 5.69 Å². The number of carbonyl (C=O) groups is 1. The zero-order valence-corrected chi connectivity index (χ0v) is 9.97. The Hall–Kier alpha value is -0.680. The molecule has 1 rings (SSSR count). The van der Waals surface area contributed by atoms with Crippen LogP contribution >= 0.6 is 15.9 Å². The number of Topliss-reactive ketones (excluding diaryl/α,β-unsaturated/α-hetero) is 1. The van der Waals surface area contributed by atoms with Crippen LogP contribution in [0.5, 0.6) is 0 Å². The summed E-state index contributed by atoms with van der Waals surface area (Å²) in [4.78, 5) is 11.7. The van der Waals surface area contributed by atoms with Gasteiger partial charge in [0.25, 0.3) is 0 Å². The molecule has 0 aliphatic carbocycles. The lowest BCUT2D eigenvalue weighted by Crippen LogP contribution is -2.16. The quantitative estimate of drug-likeness (QED) is 0.815. The molecule has 0 amide bonds. The second-order valence-corrected chi connectivity index (χ2v) is 3.79. The van der Waals surface area contributed by atoms with Crippen molar-refractivity contribution in [1.82, 2.24) is 15.1 Å². The molecule has 0 saturated heterocycles. The lowest BCUT2D eigenvalue weighted by Gasteiger charge is -2.04. The molecule has 0 unspecified atom stereocenters. The minimum absolute atomic E-state index is 0.116. The molecule has 0 bridgehead atoms. The summed E-state index contributed by atoms with van der Waals surface area (Å²) in [5, 5.41) is 7.04. The molecule has 0 fully saturated rings. The molecule has 1 aromatic heterocycles. The molecule has 0 spiro atoms. The first-order valence-corrected chi connectivity index (χ1v) is 5.39. The van der Waals surface area contributed by atoms with Gasteiger partial charge in [-0.05, 0) is 29.9 Å². The molecule has 0 aromatic carbocycles. The number of hydrogen-bond donors (Lipinski definition) is 1. The predicted molar refractivity (Wildman–Crippen MR) is 58.5 cm³/mol. The van der Waals surface area contributed by atoms with E-state index >= 15 is 0 Å². The van der Waals surface area contributed by atoms with Gasteiger partial charge in [0.05, 0.1) is 10.7 Å². The van der Waals surface area contributed by atoms with Crippen molar-refractivity contribution < 1.29 is 4.79 Å². The summed E-state index contributed by atoms with van der Waals surface area (Å²) in [6, 6.07) is 0. The van der Waals surface area contributed by atoms with E-state index in [0.29, 0.717) is 25.2 Å². The highest BCUT2D eigenvalue weighted by Gasteiger charge is 2.15. The van der Waals surface area contributed by atoms with E-state index in [1.165, 1.54) is 0 Å². The number of rotatable bonds is 5. The Bertz CT molecular complexity index is 322. The van der Waals surface area contributed by atoms with Crippen molar-refractivity contribution in [3.63, 3.8) is 0 Å². The van der Waals surface area contributed by atoms with Crippen molar-refractivity contribution in [3.8, 4) is 0 Å². The number of halogens is 1. The van der Waals surface area contributed by atoms with Crippen LogP contribution in [0.15, 0.2) is 10.7 Å². The highest BCUT2D eigenvalue weighted by atomic mass is 79.9. The van der Waals surface area contributed by atoms with Crippen LogP contribution in [0.2, 0.25) is 0 Å². The van der Waals surface area contributed by atoms with Gasteiger partial charge < -0.3 is 5.32 Å². The minimum Gasteiger partial charge on any atom is -0.319 e. The van der Waals surface area contributed by atoms with E-state index in [9.17, 15) is 4.79 Å². The van der Waals surface area contributed by atoms with E-state index < -0.39 is 0 Å². The largest absolute Gasteiger partial charge is 0.319 e. The molecule has 5 heteroatoms. The van der Waals surface area contributed by atoms with Crippen LogP contribution < -0.4 is 5.32 Å². The van der Waals surface area contributed by atoms with E-state index in [1.807, 2.05) is 14.0 Å². The van der Waals surface area contributed by atoms with Crippen LogP contribution in [0.4, 0.5) is 0 Å². The van der Waals surface area contributed by atoms with E-state index in [2.05, 4.69) is 26.3 Å². The Kier molecular flexibility index (Phi) is 4.28. The molecular weight excluding hydrogens is 246 g/mol. The Balaban J connectivity index is 2.82. The molecule has 0 radical (unpaired) electrons. The number of nitrogens with one attached hydrogen (secondary N) is 1. The topological polar surface area (TPSA) is 46.9 Å². The molecule has 78 valence electrons. The third-order valence-corrected chi connectivity index (χ3v) is 2.54. The Morgan fingerprint density at radius 2 is 2.43 bits per heavy atom. The molecule has 4 nitrogen and oxygen atoms in total. The lowest BCUT2D eigenvalue weighted by atomic mass is 10.2. The van der Waals surface area contributed by atoms with Gasteiger partial charge in [0.15, 0.2) is 5.78 Å². The fraction of sp³-hybridized carbons (Fsp3) is 0.556. The van der Waals surface area contributed by atoms with Crippen LogP contribution in [0, 0.1) is 0 Å². The monoisotopic (exact) mass is 259 g/mol. The molecule has 1 aromatic rings. The second-order valence-electron chi connectivity index (χ2n) is 2.93. The molecule has 1 heterocycles. The average Bonchev–Trinajstić information content (AvgIpc) is 2.56. The zero-order valence-electron chi connectivity index (χ0n) is 8.38. The van der Waals surface area contributed by atoms with E-state index in [-0.39, 0.29) is 5.78 Å². The van der Waals surface area contributed by atoms with Crippen LogP contribution in [-0.2, 0) is 6.54 Å². The smallest absolute Gasteiger partial charge is 0.183 e. The molecule has 0 aliphatic rings. The summed E-state index contributed by atoms with van der Waals surface area (Å²) < 4.78 is 2.49. The predicted octanol–water partition coefficient (Wildman–Crippen LogP) is 1.46. The summed E-state index contributed by atoms with van der Waals surface area (Å²) in [6.07, 6.45) is 2.16. The number of carbonyl (C=O) groups excluding carboxylic acids is 1. The van der Waals surface area contributed by atoms with Crippen molar-refractivity contribution >= 4 is 21.7 Å². The van der Waals surface area contributed by atoms with E-state index in [4.69, 9.17) is 0 Å². The van der Waals surface area contributed by atoms with Gasteiger partial charge >= 0.3 is 0 Å². The first kappa shape index (κ1) is 11.4. The van der Waals surface area contributed by atoms with Crippen LogP contribution in [-0.4, -0.2) is 29.2 Å². The summed E-state index contributed by atoms with van der Waals surface area (Å²) in [6.45, 7) is 3.38. The molecule has 0 atom stereocenters. The molecule has 14 heavy (non-hydrogen) atoms. The summed E-state index contributed by atoms with van der Waals surface area (Å²) in [7, 11) is 1.83. The average molecular weight is 260 g/mol. The highest BCUT2D eigenvalue weighted by Crippen LogP contribution is 2.17. The van der Waals surface area contributed by atoms with Gasteiger partial charge in [0.2, 0.25) is 0 Å². The van der Waals surface area contributed by atoms with E-state index in [0.717, 1.165) is 4.47 Å². The maximum Gasteiger partial charge on any atom is 0.183 e. The number of aryl methyl sites for hydroxylation is 1. The second kappa shape index (κ2) is 5.26. The van der Waals surface area contributed by atoms with Gasteiger partial charge in [-0.15, -0.1) is 0 Å². The first-order valence-electron chi connectivity index (χ1n) is 4.59. The standard InChI is InChI=1S/C9H14BrN3O/c1-3-13-9(7(10)6-12-13)8(14)4-5-11-2/h6,11H,3-5H2,1-2H3. The van der Waals surface area contributed by atoms with Crippen molar-refractivity contribution in [2.24, 2.45) is 0 Å². The van der Waals surface area contributed by atoms with Gasteiger partial charge in [-0.3, -0.25) is 9.48 Å². The van der Waals surface area contributed by atoms with E-state index in [1.54, 1.807) is 10.9 Å². The normalized spacial score (nSPS) is 10.5. The Morgan fingerprint density at radius 1 is 1.71 bits per heavy atom. The molecular formula is C9H14BrN3O. The minimum atomic E-state index is 0.116. The van der Waals surface area contributed by atoms with Crippen molar-refractivity contribution in [2.75, 3.05) is 13.6 Å². The third-order valence-electron chi connectivity index (χ3n) is 1.96. The van der Waals surface area contributed by atoms with Crippen molar-refractivity contribution in [3.05, 3.63) is 16.4 Å². The zero-order chi connectivity index (χ0) is 10.6. The first-order chi connectivity index (χ1) is 6.70. The fourth-order valence-corrected chi connectivity index (χ4v) is 1.75. The van der Waals surface area contributed by atoms with Crippen LogP contribution in [0.3, 0.4) is 0 Å². The molecule has 1 N–H and O–H groups in total. The van der Waals surface area contributed by atoms with Gasteiger partial charge in [0, 0.05) is 19.5 Å². The highest BCUT2D eigenvalue weighted by molar-refractivity contribution is 9.10. The Labute approximate surface area is 91.8 Å². The van der Waals surface area contributed by atoms with Gasteiger partial charge in [-0.25, -0.2) is 0 Å². The lowest BCUT2D eigenvalue weighted by molar-refractivity contribution is 0.0972. The van der Waals surface area contributed by atoms with Crippen molar-refractivity contribution in [1.29, 1.82) is 0 Å². The summed E-state index contributed by atoms with van der Waals surface area (Å²) in [5.41, 5.74) is 0.669. The molecule has 0 aliphatic heterocycles. The summed E-state index contributed by atoms with van der Waals surface area (Å²) in [5.74, 6) is 0.116. The number of hydrogen-bond acceptors (Lipinski definition) is 3. The van der Waals surface area contributed by atoms with Crippen molar-refractivity contribution in [2.45, 2.75) is 19.9 Å². The van der Waals surface area contributed by atoms with Gasteiger partial charge in [-0.2, -0.15) is 5.10 Å². The Morgan fingerprint density at radius 3 is 3.00 bits per heavy atom. The SMILES string of the molecule is CCn1ncc(Br)c1C(=O)CCNC. The van der Waals surface area contributed by atoms with Crippen LogP contribution in [0.25, 0.3) is 0 Å².